The van der Waals surface area contributed by atoms with Gasteiger partial charge in [0.2, 0.25) is 0 Å². The van der Waals surface area contributed by atoms with E-state index in [0.717, 1.165) is 20.6 Å². The molecule has 0 amide bonds. The fourth-order valence-electron chi connectivity index (χ4n) is 1.67. The van der Waals surface area contributed by atoms with Gasteiger partial charge in [-0.15, -0.1) is 0 Å². The zero-order valence-electron chi connectivity index (χ0n) is 9.13. The van der Waals surface area contributed by atoms with E-state index in [9.17, 15) is 8.78 Å². The Bertz CT molecular complexity index is 536. The Morgan fingerprint density at radius 1 is 0.944 bits per heavy atom. The molecule has 1 nitrogen and oxygen atoms in total. The third-order valence-corrected chi connectivity index (χ3v) is 3.78. The minimum atomic E-state index is -0.645. The highest BCUT2D eigenvalue weighted by Gasteiger charge is 2.16. The molecule has 0 spiro atoms. The van der Waals surface area contributed by atoms with Crippen LogP contribution in [0.25, 0.3) is 0 Å². The average molecular weight is 377 g/mol. The van der Waals surface area contributed by atoms with Crippen LogP contribution in [0.5, 0.6) is 0 Å². The highest BCUT2D eigenvalue weighted by atomic mass is 79.9. The van der Waals surface area contributed by atoms with Crippen LogP contribution in [0.2, 0.25) is 0 Å². The van der Waals surface area contributed by atoms with E-state index in [1.54, 1.807) is 6.07 Å². The zero-order valence-corrected chi connectivity index (χ0v) is 12.3. The summed E-state index contributed by atoms with van der Waals surface area (Å²) in [5, 5.41) is 0. The van der Waals surface area contributed by atoms with E-state index in [1.165, 1.54) is 12.1 Å². The minimum absolute atomic E-state index is 0.263. The van der Waals surface area contributed by atoms with Crippen LogP contribution in [0.3, 0.4) is 0 Å². The molecular formula is C13H9Br2F2N. The van der Waals surface area contributed by atoms with Gasteiger partial charge in [0.1, 0.15) is 11.6 Å². The molecule has 2 N–H and O–H groups in total. The van der Waals surface area contributed by atoms with E-state index in [2.05, 4.69) is 31.9 Å². The second-order valence-corrected chi connectivity index (χ2v) is 5.58. The Labute approximate surface area is 120 Å². The van der Waals surface area contributed by atoms with Gasteiger partial charge in [-0.1, -0.05) is 44.0 Å². The summed E-state index contributed by atoms with van der Waals surface area (Å²) in [6.07, 6.45) is 0. The van der Waals surface area contributed by atoms with Gasteiger partial charge in [-0.25, -0.2) is 8.78 Å². The van der Waals surface area contributed by atoms with Crippen LogP contribution in [0, 0.1) is 11.6 Å². The fraction of sp³-hybridized carbons (Fsp3) is 0.0769. The SMILES string of the molecule is NC(c1ccc(F)cc1F)c1ccc(Br)cc1Br. The summed E-state index contributed by atoms with van der Waals surface area (Å²) in [6, 6.07) is 8.20. The van der Waals surface area contributed by atoms with Crippen molar-refractivity contribution in [2.75, 3.05) is 0 Å². The van der Waals surface area contributed by atoms with Crippen molar-refractivity contribution < 1.29 is 8.78 Å². The number of hydrogen-bond donors (Lipinski definition) is 1. The summed E-state index contributed by atoms with van der Waals surface area (Å²) < 4.78 is 28.2. The van der Waals surface area contributed by atoms with Crippen LogP contribution in [0.15, 0.2) is 45.3 Å². The summed E-state index contributed by atoms with van der Waals surface area (Å²) in [5.41, 5.74) is 7.01. The molecular weight excluding hydrogens is 368 g/mol. The van der Waals surface area contributed by atoms with Crippen molar-refractivity contribution in [3.8, 4) is 0 Å². The summed E-state index contributed by atoms with van der Waals surface area (Å²) in [7, 11) is 0. The number of halogens is 4. The first kappa shape index (κ1) is 13.6. The Kier molecular flexibility index (Phi) is 4.14. The predicted octanol–water partition coefficient (Wildman–Crippen LogP) is 4.54. The Balaban J connectivity index is 2.44. The maximum atomic E-state index is 13.7. The van der Waals surface area contributed by atoms with Crippen molar-refractivity contribution in [3.05, 3.63) is 68.1 Å². The Morgan fingerprint density at radius 3 is 2.22 bits per heavy atom. The standard InChI is InChI=1S/C13H9Br2F2N/c14-7-1-3-9(11(15)5-7)13(18)10-4-2-8(16)6-12(10)17/h1-6,13H,18H2. The molecule has 0 aliphatic heterocycles. The first-order valence-electron chi connectivity index (χ1n) is 5.14. The number of nitrogens with two attached hydrogens (primary N) is 1. The van der Waals surface area contributed by atoms with Crippen LogP contribution in [0.1, 0.15) is 17.2 Å². The zero-order chi connectivity index (χ0) is 13.3. The summed E-state index contributed by atoms with van der Waals surface area (Å²) in [6.45, 7) is 0. The van der Waals surface area contributed by atoms with Crippen molar-refractivity contribution in [1.29, 1.82) is 0 Å². The van der Waals surface area contributed by atoms with E-state index in [-0.39, 0.29) is 5.56 Å². The van der Waals surface area contributed by atoms with E-state index < -0.39 is 17.7 Å². The average Bonchev–Trinajstić information content (AvgIpc) is 2.28. The minimum Gasteiger partial charge on any atom is -0.320 e. The third kappa shape index (κ3) is 2.79. The van der Waals surface area contributed by atoms with Gasteiger partial charge in [0.25, 0.3) is 0 Å². The molecule has 0 radical (unpaired) electrons. The van der Waals surface area contributed by atoms with Gasteiger partial charge in [0.05, 0.1) is 6.04 Å². The first-order valence-corrected chi connectivity index (χ1v) is 6.73. The largest absolute Gasteiger partial charge is 0.320 e. The number of rotatable bonds is 2. The van der Waals surface area contributed by atoms with E-state index >= 15 is 0 Å². The molecule has 1 atom stereocenters. The van der Waals surface area contributed by atoms with Crippen LogP contribution in [0.4, 0.5) is 8.78 Å². The molecule has 0 saturated heterocycles. The molecule has 0 bridgehead atoms. The van der Waals surface area contributed by atoms with Crippen LogP contribution in [-0.4, -0.2) is 0 Å². The van der Waals surface area contributed by atoms with Crippen LogP contribution >= 0.6 is 31.9 Å². The summed E-state index contributed by atoms with van der Waals surface area (Å²) >= 11 is 6.71. The molecule has 2 aromatic carbocycles. The third-order valence-electron chi connectivity index (χ3n) is 2.60. The highest BCUT2D eigenvalue weighted by molar-refractivity contribution is 9.11. The van der Waals surface area contributed by atoms with Gasteiger partial charge in [-0.3, -0.25) is 0 Å². The molecule has 0 saturated carbocycles. The summed E-state index contributed by atoms with van der Waals surface area (Å²) in [4.78, 5) is 0. The molecule has 0 fully saturated rings. The number of benzene rings is 2. The maximum absolute atomic E-state index is 13.7. The lowest BCUT2D eigenvalue weighted by molar-refractivity contribution is 0.565. The van der Waals surface area contributed by atoms with Gasteiger partial charge in [-0.05, 0) is 23.8 Å². The van der Waals surface area contributed by atoms with Crippen molar-refractivity contribution in [1.82, 2.24) is 0 Å². The van der Waals surface area contributed by atoms with Crippen molar-refractivity contribution >= 4 is 31.9 Å². The van der Waals surface area contributed by atoms with E-state index in [1.807, 2.05) is 12.1 Å². The lowest BCUT2D eigenvalue weighted by Gasteiger charge is -2.15. The van der Waals surface area contributed by atoms with Crippen molar-refractivity contribution in [2.45, 2.75) is 6.04 Å². The first-order chi connectivity index (χ1) is 8.49. The monoisotopic (exact) mass is 375 g/mol. The maximum Gasteiger partial charge on any atom is 0.131 e. The van der Waals surface area contributed by atoms with Gasteiger partial charge in [0.15, 0.2) is 0 Å². The van der Waals surface area contributed by atoms with Gasteiger partial charge >= 0.3 is 0 Å². The van der Waals surface area contributed by atoms with E-state index in [4.69, 9.17) is 5.73 Å². The molecule has 2 rings (SSSR count). The Morgan fingerprint density at radius 2 is 1.61 bits per heavy atom. The highest BCUT2D eigenvalue weighted by Crippen LogP contribution is 2.30. The lowest BCUT2D eigenvalue weighted by Crippen LogP contribution is -2.14. The normalized spacial score (nSPS) is 12.5. The van der Waals surface area contributed by atoms with Gasteiger partial charge < -0.3 is 5.73 Å². The smallest absolute Gasteiger partial charge is 0.131 e. The summed E-state index contributed by atoms with van der Waals surface area (Å²) in [5.74, 6) is -1.25. The van der Waals surface area contributed by atoms with Gasteiger partial charge in [-0.2, -0.15) is 0 Å². The quantitative estimate of drug-likeness (QED) is 0.818. The second kappa shape index (κ2) is 5.47. The molecule has 0 aliphatic rings. The number of hydrogen-bond acceptors (Lipinski definition) is 1. The molecule has 18 heavy (non-hydrogen) atoms. The van der Waals surface area contributed by atoms with Crippen molar-refractivity contribution in [2.24, 2.45) is 5.73 Å². The lowest BCUT2D eigenvalue weighted by atomic mass is 9.99. The Hall–Kier alpha value is -0.780. The molecule has 0 aromatic heterocycles. The molecule has 1 unspecified atom stereocenters. The predicted molar refractivity (Wildman–Crippen MR) is 74.2 cm³/mol. The van der Waals surface area contributed by atoms with Crippen LogP contribution in [-0.2, 0) is 0 Å². The van der Waals surface area contributed by atoms with Crippen molar-refractivity contribution in [3.63, 3.8) is 0 Å². The fourth-order valence-corrected chi connectivity index (χ4v) is 2.97. The van der Waals surface area contributed by atoms with E-state index in [0.29, 0.717) is 0 Å². The molecule has 0 aliphatic carbocycles. The van der Waals surface area contributed by atoms with Gasteiger partial charge in [0, 0.05) is 20.6 Å². The molecule has 94 valence electrons. The molecule has 0 heterocycles. The molecule has 2 aromatic rings. The second-order valence-electron chi connectivity index (χ2n) is 3.81. The topological polar surface area (TPSA) is 26.0 Å². The van der Waals surface area contributed by atoms with Crippen LogP contribution < -0.4 is 5.73 Å². The molecule has 5 heteroatoms.